The number of aromatic nitrogens is 2. The van der Waals surface area contributed by atoms with E-state index in [1.807, 2.05) is 18.2 Å². The van der Waals surface area contributed by atoms with E-state index in [4.69, 9.17) is 9.72 Å². The van der Waals surface area contributed by atoms with Gasteiger partial charge in [0.25, 0.3) is 0 Å². The topological polar surface area (TPSA) is 39.1 Å². The summed E-state index contributed by atoms with van der Waals surface area (Å²) in [6, 6.07) is 20.8. The predicted molar refractivity (Wildman–Crippen MR) is 107 cm³/mol. The van der Waals surface area contributed by atoms with Gasteiger partial charge >= 0.3 is 0 Å². The fourth-order valence-corrected chi connectivity index (χ4v) is 4.20. The lowest BCUT2D eigenvalue weighted by molar-refractivity contribution is 0.415. The molecule has 0 unspecified atom stereocenters. The maximum atomic E-state index is 5.28. The largest absolute Gasteiger partial charge is 0.497 e. The Morgan fingerprint density at radius 2 is 1.88 bits per heavy atom. The molecule has 4 aromatic rings. The van der Waals surface area contributed by atoms with Gasteiger partial charge in [0.2, 0.25) is 5.95 Å². The lowest BCUT2D eigenvalue weighted by Crippen LogP contribution is -2.18. The highest BCUT2D eigenvalue weighted by Gasteiger charge is 2.25. The van der Waals surface area contributed by atoms with Crippen molar-refractivity contribution in [1.82, 2.24) is 9.55 Å². The molecule has 1 atom stereocenters. The van der Waals surface area contributed by atoms with Crippen molar-refractivity contribution in [3.05, 3.63) is 82.6 Å². The van der Waals surface area contributed by atoms with E-state index in [2.05, 4.69) is 63.8 Å². The van der Waals surface area contributed by atoms with Crippen LogP contribution in [0.2, 0.25) is 0 Å². The number of fused-ring (bicyclic) bond motifs is 3. The number of para-hydroxylation sites is 2. The zero-order valence-electron chi connectivity index (χ0n) is 14.2. The average Bonchev–Trinajstić information content (AvgIpc) is 3.35. The number of nitrogens with zero attached hydrogens (tertiary/aromatic N) is 2. The van der Waals surface area contributed by atoms with Gasteiger partial charge in [-0.1, -0.05) is 18.2 Å². The maximum Gasteiger partial charge on any atom is 0.209 e. The second-order valence-electron chi connectivity index (χ2n) is 6.19. The molecule has 0 aliphatic carbocycles. The number of hydrogen-bond donors (Lipinski definition) is 1. The van der Waals surface area contributed by atoms with Crippen LogP contribution in [0.25, 0.3) is 16.7 Å². The first-order valence-corrected chi connectivity index (χ1v) is 9.35. The van der Waals surface area contributed by atoms with E-state index in [-0.39, 0.29) is 6.04 Å². The Bertz CT molecular complexity index is 1090. The molecule has 0 spiro atoms. The number of allylic oxidation sites excluding steroid dienone is 1. The van der Waals surface area contributed by atoms with Crippen molar-refractivity contribution < 1.29 is 4.74 Å². The van der Waals surface area contributed by atoms with Crippen LogP contribution >= 0.6 is 11.3 Å². The second kappa shape index (κ2) is 6.04. The molecule has 3 heterocycles. The highest BCUT2D eigenvalue weighted by molar-refractivity contribution is 7.10. The third-order valence-corrected chi connectivity index (χ3v) is 5.62. The van der Waals surface area contributed by atoms with Crippen molar-refractivity contribution in [2.75, 3.05) is 12.4 Å². The van der Waals surface area contributed by atoms with Gasteiger partial charge in [0.05, 0.1) is 24.2 Å². The van der Waals surface area contributed by atoms with Gasteiger partial charge in [0.15, 0.2) is 0 Å². The van der Waals surface area contributed by atoms with Crippen molar-refractivity contribution in [2.24, 2.45) is 0 Å². The van der Waals surface area contributed by atoms with Crippen molar-refractivity contribution in [1.29, 1.82) is 0 Å². The highest BCUT2D eigenvalue weighted by atomic mass is 32.1. The molecule has 2 aromatic heterocycles. The summed E-state index contributed by atoms with van der Waals surface area (Å²) in [5.41, 5.74) is 4.32. The van der Waals surface area contributed by atoms with E-state index in [0.717, 1.165) is 34.0 Å². The van der Waals surface area contributed by atoms with E-state index in [0.29, 0.717) is 0 Å². The Balaban J connectivity index is 1.67. The molecule has 128 valence electrons. The molecule has 0 saturated heterocycles. The molecular formula is C21H17N3OS. The number of anilines is 1. The van der Waals surface area contributed by atoms with Gasteiger partial charge in [-0.15, -0.1) is 11.3 Å². The minimum atomic E-state index is 0.121. The summed E-state index contributed by atoms with van der Waals surface area (Å²) in [5, 5.41) is 5.63. The Morgan fingerprint density at radius 3 is 2.65 bits per heavy atom. The first kappa shape index (κ1) is 15.2. The number of nitrogens with one attached hydrogen (secondary N) is 1. The molecular weight excluding hydrogens is 342 g/mol. The number of thiophene rings is 1. The average molecular weight is 359 g/mol. The van der Waals surface area contributed by atoms with E-state index in [1.54, 1.807) is 18.4 Å². The molecule has 4 nitrogen and oxygen atoms in total. The number of imidazole rings is 1. The molecule has 0 radical (unpaired) electrons. The lowest BCUT2D eigenvalue weighted by atomic mass is 10.1. The summed E-state index contributed by atoms with van der Waals surface area (Å²) in [6.45, 7) is 0. The Morgan fingerprint density at radius 1 is 1.04 bits per heavy atom. The van der Waals surface area contributed by atoms with Crippen molar-refractivity contribution in [3.63, 3.8) is 0 Å². The van der Waals surface area contributed by atoms with Gasteiger partial charge in [-0.05, 0) is 59.5 Å². The van der Waals surface area contributed by atoms with Crippen molar-refractivity contribution in [3.8, 4) is 5.75 Å². The van der Waals surface area contributed by atoms with Crippen LogP contribution < -0.4 is 10.1 Å². The van der Waals surface area contributed by atoms with Gasteiger partial charge in [0.1, 0.15) is 5.75 Å². The summed E-state index contributed by atoms with van der Waals surface area (Å²) in [4.78, 5) is 6.11. The van der Waals surface area contributed by atoms with Gasteiger partial charge < -0.3 is 10.1 Å². The van der Waals surface area contributed by atoms with Crippen molar-refractivity contribution in [2.45, 2.75) is 6.04 Å². The maximum absolute atomic E-state index is 5.28. The lowest BCUT2D eigenvalue weighted by Gasteiger charge is -2.25. The minimum Gasteiger partial charge on any atom is -0.497 e. The zero-order valence-corrected chi connectivity index (χ0v) is 15.0. The Labute approximate surface area is 155 Å². The molecule has 5 rings (SSSR count). The predicted octanol–water partition coefficient (Wildman–Crippen LogP) is 5.16. The number of benzene rings is 2. The molecule has 1 aliphatic rings. The van der Waals surface area contributed by atoms with Crippen LogP contribution in [0.1, 0.15) is 16.5 Å². The number of methoxy groups -OCH3 is 1. The molecule has 2 aromatic carbocycles. The van der Waals surface area contributed by atoms with Gasteiger partial charge in [0, 0.05) is 10.6 Å². The van der Waals surface area contributed by atoms with Crippen LogP contribution in [0.15, 0.2) is 72.1 Å². The normalized spacial score (nSPS) is 16.0. The first-order valence-electron chi connectivity index (χ1n) is 8.47. The monoisotopic (exact) mass is 359 g/mol. The standard InChI is InChI=1S/C21H17N3OS/c1-25-15-10-8-14(9-11-15)17-13-19(20-7-4-12-26-20)24-18-6-3-2-5-16(18)22-21(24)23-17/h2-13,19H,1H3,(H,22,23)/t19-/m1/s1. The second-order valence-corrected chi connectivity index (χ2v) is 7.17. The molecule has 5 heteroatoms. The van der Waals surface area contributed by atoms with Gasteiger partial charge in [-0.25, -0.2) is 4.98 Å². The zero-order chi connectivity index (χ0) is 17.5. The summed E-state index contributed by atoms with van der Waals surface area (Å²) >= 11 is 1.77. The quantitative estimate of drug-likeness (QED) is 0.549. The van der Waals surface area contributed by atoms with Crippen LogP contribution in [0.5, 0.6) is 5.75 Å². The van der Waals surface area contributed by atoms with Crippen LogP contribution in [0, 0.1) is 0 Å². The van der Waals surface area contributed by atoms with Crippen molar-refractivity contribution >= 4 is 34.0 Å². The smallest absolute Gasteiger partial charge is 0.209 e. The van der Waals surface area contributed by atoms with E-state index in [9.17, 15) is 0 Å². The molecule has 1 N–H and O–H groups in total. The molecule has 0 amide bonds. The van der Waals surface area contributed by atoms with Crippen LogP contribution in [-0.4, -0.2) is 16.7 Å². The summed E-state index contributed by atoms with van der Waals surface area (Å²) in [6.07, 6.45) is 2.27. The molecule has 26 heavy (non-hydrogen) atoms. The fraction of sp³-hybridized carbons (Fsp3) is 0.0952. The minimum absolute atomic E-state index is 0.121. The van der Waals surface area contributed by atoms with Crippen LogP contribution in [0.4, 0.5) is 5.95 Å². The Hall–Kier alpha value is -3.05. The van der Waals surface area contributed by atoms with Gasteiger partial charge in [-0.3, -0.25) is 4.57 Å². The number of ether oxygens (including phenoxy) is 1. The number of hydrogen-bond acceptors (Lipinski definition) is 4. The van der Waals surface area contributed by atoms with E-state index >= 15 is 0 Å². The summed E-state index contributed by atoms with van der Waals surface area (Å²) in [7, 11) is 1.68. The molecule has 0 fully saturated rings. The fourth-order valence-electron chi connectivity index (χ4n) is 3.42. The van der Waals surface area contributed by atoms with Gasteiger partial charge in [-0.2, -0.15) is 0 Å². The summed E-state index contributed by atoms with van der Waals surface area (Å²) in [5.74, 6) is 1.73. The molecule has 0 saturated carbocycles. The van der Waals surface area contributed by atoms with E-state index < -0.39 is 0 Å². The highest BCUT2D eigenvalue weighted by Crippen LogP contribution is 2.38. The first-order chi connectivity index (χ1) is 12.8. The number of rotatable bonds is 3. The van der Waals surface area contributed by atoms with Crippen LogP contribution in [-0.2, 0) is 0 Å². The van der Waals surface area contributed by atoms with Crippen LogP contribution in [0.3, 0.4) is 0 Å². The molecule has 1 aliphatic heterocycles. The summed E-state index contributed by atoms with van der Waals surface area (Å²) < 4.78 is 7.55. The Kier molecular flexibility index (Phi) is 3.53. The molecule has 0 bridgehead atoms. The van der Waals surface area contributed by atoms with E-state index in [1.165, 1.54) is 4.88 Å². The third kappa shape index (κ3) is 2.40. The third-order valence-electron chi connectivity index (χ3n) is 4.68. The SMILES string of the molecule is COc1ccc(C2=C[C@H](c3cccs3)n3c(nc4ccccc43)N2)cc1.